The van der Waals surface area contributed by atoms with Crippen molar-refractivity contribution in [3.8, 4) is 11.4 Å². The Kier molecular flexibility index (Phi) is 2.93. The van der Waals surface area contributed by atoms with Crippen LogP contribution in [0.3, 0.4) is 0 Å². The molecule has 3 rings (SSSR count). The van der Waals surface area contributed by atoms with Gasteiger partial charge >= 0.3 is 0 Å². The monoisotopic (exact) mass is 244 g/mol. The van der Waals surface area contributed by atoms with Crippen molar-refractivity contribution in [2.75, 3.05) is 31.1 Å². The minimum atomic E-state index is 0.771. The maximum absolute atomic E-state index is 4.54. The number of aryl methyl sites for hydroxylation is 1. The number of nitrogens with one attached hydrogen (secondary N) is 2. The first-order valence-corrected chi connectivity index (χ1v) is 6.13. The zero-order valence-electron chi connectivity index (χ0n) is 10.3. The number of aromatic nitrogens is 4. The molecule has 3 heterocycles. The number of piperazine rings is 1. The molecule has 0 atom stereocenters. The minimum Gasteiger partial charge on any atom is -0.337 e. The van der Waals surface area contributed by atoms with E-state index in [-0.39, 0.29) is 0 Å². The second kappa shape index (κ2) is 4.73. The lowest BCUT2D eigenvalue weighted by molar-refractivity contribution is 0.580. The Morgan fingerprint density at radius 1 is 1.22 bits per heavy atom. The molecule has 94 valence electrons. The molecular formula is C12H16N6. The van der Waals surface area contributed by atoms with Crippen molar-refractivity contribution in [3.05, 3.63) is 24.0 Å². The third-order valence-electron chi connectivity index (χ3n) is 3.02. The summed E-state index contributed by atoms with van der Waals surface area (Å²) in [5.41, 5.74) is 2.09. The zero-order valence-corrected chi connectivity index (χ0v) is 10.3. The number of H-pyrrole nitrogens is 1. The van der Waals surface area contributed by atoms with Crippen LogP contribution < -0.4 is 10.2 Å². The molecule has 6 nitrogen and oxygen atoms in total. The Labute approximate surface area is 105 Å². The van der Waals surface area contributed by atoms with Crippen LogP contribution in [-0.4, -0.2) is 46.3 Å². The molecule has 1 fully saturated rings. The lowest BCUT2D eigenvalue weighted by Crippen LogP contribution is -2.44. The molecule has 2 N–H and O–H groups in total. The maximum atomic E-state index is 4.54. The summed E-state index contributed by atoms with van der Waals surface area (Å²) in [6, 6.07) is 2.05. The summed E-state index contributed by atoms with van der Waals surface area (Å²) in [4.78, 5) is 10.9. The first-order chi connectivity index (χ1) is 8.83. The van der Waals surface area contributed by atoms with Crippen LogP contribution in [-0.2, 0) is 0 Å². The topological polar surface area (TPSA) is 69.7 Å². The fourth-order valence-electron chi connectivity index (χ4n) is 2.07. The molecule has 0 unspecified atom stereocenters. The van der Waals surface area contributed by atoms with E-state index in [2.05, 4.69) is 36.4 Å². The van der Waals surface area contributed by atoms with Crippen LogP contribution in [0.4, 0.5) is 5.95 Å². The first-order valence-electron chi connectivity index (χ1n) is 6.13. The fraction of sp³-hybridized carbons (Fsp3) is 0.417. The van der Waals surface area contributed by atoms with Gasteiger partial charge in [0, 0.05) is 44.1 Å². The Morgan fingerprint density at radius 3 is 2.83 bits per heavy atom. The van der Waals surface area contributed by atoms with Crippen molar-refractivity contribution in [2.24, 2.45) is 0 Å². The van der Waals surface area contributed by atoms with Crippen molar-refractivity contribution in [1.29, 1.82) is 0 Å². The number of nitrogens with zero attached hydrogens (tertiary/aromatic N) is 4. The second-order valence-corrected chi connectivity index (χ2v) is 4.47. The molecular weight excluding hydrogens is 228 g/mol. The average Bonchev–Trinajstić information content (AvgIpc) is 2.89. The van der Waals surface area contributed by atoms with E-state index in [0.717, 1.165) is 49.1 Å². The van der Waals surface area contributed by atoms with E-state index in [0.29, 0.717) is 0 Å². The number of aromatic amines is 1. The van der Waals surface area contributed by atoms with Crippen LogP contribution in [0.5, 0.6) is 0 Å². The van der Waals surface area contributed by atoms with Crippen LogP contribution >= 0.6 is 0 Å². The Balaban J connectivity index is 1.84. The molecule has 0 amide bonds. The van der Waals surface area contributed by atoms with Crippen molar-refractivity contribution in [3.63, 3.8) is 0 Å². The lowest BCUT2D eigenvalue weighted by atomic mass is 10.2. The van der Waals surface area contributed by atoms with Crippen molar-refractivity contribution < 1.29 is 0 Å². The van der Waals surface area contributed by atoms with Gasteiger partial charge < -0.3 is 10.2 Å². The summed E-state index contributed by atoms with van der Waals surface area (Å²) >= 11 is 0. The van der Waals surface area contributed by atoms with Crippen molar-refractivity contribution in [2.45, 2.75) is 6.92 Å². The molecule has 2 aromatic heterocycles. The first kappa shape index (κ1) is 11.2. The molecule has 6 heteroatoms. The van der Waals surface area contributed by atoms with Gasteiger partial charge in [-0.05, 0) is 18.6 Å². The van der Waals surface area contributed by atoms with Gasteiger partial charge in [-0.3, -0.25) is 10.1 Å². The third kappa shape index (κ3) is 2.19. The van der Waals surface area contributed by atoms with Crippen LogP contribution in [0, 0.1) is 6.92 Å². The standard InChI is InChI=1S/C12H16N6/c1-9-6-10(8-14-7-9)11-15-12(17-16-11)18-4-2-13-3-5-18/h6-8,13H,2-5H2,1H3,(H,15,16,17). The van der Waals surface area contributed by atoms with E-state index >= 15 is 0 Å². The van der Waals surface area contributed by atoms with E-state index in [4.69, 9.17) is 0 Å². The third-order valence-corrected chi connectivity index (χ3v) is 3.02. The number of anilines is 1. The molecule has 0 saturated carbocycles. The zero-order chi connectivity index (χ0) is 12.4. The second-order valence-electron chi connectivity index (χ2n) is 4.47. The van der Waals surface area contributed by atoms with E-state index < -0.39 is 0 Å². The maximum Gasteiger partial charge on any atom is 0.245 e. The van der Waals surface area contributed by atoms with Gasteiger partial charge in [-0.2, -0.15) is 4.98 Å². The van der Waals surface area contributed by atoms with Gasteiger partial charge in [-0.15, -0.1) is 5.10 Å². The van der Waals surface area contributed by atoms with Crippen LogP contribution in [0.25, 0.3) is 11.4 Å². The van der Waals surface area contributed by atoms with Gasteiger partial charge in [0.25, 0.3) is 0 Å². The quantitative estimate of drug-likeness (QED) is 0.809. The van der Waals surface area contributed by atoms with E-state index in [1.54, 1.807) is 6.20 Å². The average molecular weight is 244 g/mol. The van der Waals surface area contributed by atoms with Crippen LogP contribution in [0.15, 0.2) is 18.5 Å². The van der Waals surface area contributed by atoms with Crippen LogP contribution in [0.2, 0.25) is 0 Å². The SMILES string of the molecule is Cc1cncc(-c2nc(N3CCNCC3)n[nH]2)c1. The predicted molar refractivity (Wildman–Crippen MR) is 69.4 cm³/mol. The van der Waals surface area contributed by atoms with Gasteiger partial charge in [0.15, 0.2) is 5.82 Å². The summed E-state index contributed by atoms with van der Waals surface area (Å²) in [5, 5.41) is 10.6. The number of hydrogen-bond donors (Lipinski definition) is 2. The Hall–Kier alpha value is -1.95. The predicted octanol–water partition coefficient (Wildman–Crippen LogP) is 0.585. The van der Waals surface area contributed by atoms with Crippen molar-refractivity contribution in [1.82, 2.24) is 25.5 Å². The largest absolute Gasteiger partial charge is 0.337 e. The molecule has 0 bridgehead atoms. The van der Waals surface area contributed by atoms with Gasteiger partial charge in [-0.25, -0.2) is 0 Å². The molecule has 1 saturated heterocycles. The highest BCUT2D eigenvalue weighted by atomic mass is 15.4. The van der Waals surface area contributed by atoms with E-state index in [9.17, 15) is 0 Å². The van der Waals surface area contributed by atoms with E-state index in [1.165, 1.54) is 0 Å². The molecule has 0 aromatic carbocycles. The van der Waals surface area contributed by atoms with Gasteiger partial charge in [0.2, 0.25) is 5.95 Å². The summed E-state index contributed by atoms with van der Waals surface area (Å²) in [5.74, 6) is 1.55. The fourth-order valence-corrected chi connectivity index (χ4v) is 2.07. The highest BCUT2D eigenvalue weighted by molar-refractivity contribution is 5.55. The van der Waals surface area contributed by atoms with Crippen molar-refractivity contribution >= 4 is 5.95 Å². The smallest absolute Gasteiger partial charge is 0.245 e. The molecule has 0 radical (unpaired) electrons. The highest BCUT2D eigenvalue weighted by Crippen LogP contribution is 2.17. The summed E-state index contributed by atoms with van der Waals surface area (Å²) < 4.78 is 0. The molecule has 1 aliphatic rings. The molecule has 2 aromatic rings. The summed E-state index contributed by atoms with van der Waals surface area (Å²) in [6.07, 6.45) is 3.63. The van der Waals surface area contributed by atoms with Gasteiger partial charge in [0.1, 0.15) is 0 Å². The van der Waals surface area contributed by atoms with Crippen LogP contribution in [0.1, 0.15) is 5.56 Å². The number of pyridine rings is 1. The molecule has 0 spiro atoms. The normalized spacial score (nSPS) is 15.9. The van der Waals surface area contributed by atoms with Gasteiger partial charge in [-0.1, -0.05) is 0 Å². The Morgan fingerprint density at radius 2 is 2.06 bits per heavy atom. The summed E-state index contributed by atoms with van der Waals surface area (Å²) in [7, 11) is 0. The molecule has 1 aliphatic heterocycles. The van der Waals surface area contributed by atoms with E-state index in [1.807, 2.05) is 13.1 Å². The number of hydrogen-bond acceptors (Lipinski definition) is 5. The lowest BCUT2D eigenvalue weighted by Gasteiger charge is -2.25. The minimum absolute atomic E-state index is 0.771. The molecule has 0 aliphatic carbocycles. The number of rotatable bonds is 2. The highest BCUT2D eigenvalue weighted by Gasteiger charge is 2.15. The van der Waals surface area contributed by atoms with Gasteiger partial charge in [0.05, 0.1) is 0 Å². The molecule has 18 heavy (non-hydrogen) atoms. The summed E-state index contributed by atoms with van der Waals surface area (Å²) in [6.45, 7) is 5.88. The Bertz CT molecular complexity index is 529.